The Morgan fingerprint density at radius 2 is 2.45 bits per heavy atom. The Morgan fingerprint density at radius 1 is 1.64 bits per heavy atom. The number of hydrogen-bond donors (Lipinski definition) is 1. The average molecular weight is 187 g/mol. The molecule has 0 aliphatic carbocycles. The molecule has 6 heteroatoms. The Balaban J connectivity index is 3.02. The minimum Gasteiger partial charge on any atom is -0.296 e. The normalized spacial score (nSPS) is 10.6. The second-order valence-corrected chi connectivity index (χ2v) is 2.97. The van der Waals surface area contributed by atoms with Crippen LogP contribution < -0.4 is 5.56 Å². The molecule has 0 aliphatic rings. The zero-order valence-corrected chi connectivity index (χ0v) is 6.66. The van der Waals surface area contributed by atoms with Crippen molar-refractivity contribution in [2.75, 3.05) is 0 Å². The van der Waals surface area contributed by atoms with Gasteiger partial charge in [-0.15, -0.1) is 11.3 Å². The van der Waals surface area contributed by atoms with Gasteiger partial charge in [0, 0.05) is 0 Å². The van der Waals surface area contributed by atoms with E-state index in [1.807, 2.05) is 0 Å². The third-order valence-electron chi connectivity index (χ3n) is 1.13. The number of rotatable bonds is 0. The van der Waals surface area contributed by atoms with Crippen molar-refractivity contribution in [3.8, 4) is 0 Å². The van der Waals surface area contributed by atoms with E-state index in [0.717, 1.165) is 11.3 Å². The Morgan fingerprint density at radius 3 is 3.27 bits per heavy atom. The van der Waals surface area contributed by atoms with E-state index in [2.05, 4.69) is 20.5 Å². The second-order valence-electron chi connectivity index (χ2n) is 1.81. The van der Waals surface area contributed by atoms with Crippen molar-refractivity contribution in [1.29, 1.82) is 0 Å². The molecule has 0 bridgehead atoms. The van der Waals surface area contributed by atoms with E-state index in [9.17, 15) is 4.79 Å². The summed E-state index contributed by atoms with van der Waals surface area (Å²) in [5.74, 6) is 0. The van der Waals surface area contributed by atoms with Crippen LogP contribution in [0.25, 0.3) is 10.3 Å². The SMILES string of the molecule is O=c1[nH]c(Cl)nc2n[c]sc12. The number of halogens is 1. The predicted octanol–water partition coefficient (Wildman–Crippen LogP) is 0.833. The molecule has 2 aromatic rings. The molecular formula is C5HClN3OS. The van der Waals surface area contributed by atoms with Gasteiger partial charge in [-0.3, -0.25) is 9.78 Å². The van der Waals surface area contributed by atoms with Crippen LogP contribution in [-0.2, 0) is 0 Å². The average Bonchev–Trinajstić information content (AvgIpc) is 2.34. The van der Waals surface area contributed by atoms with Gasteiger partial charge in [0.15, 0.2) is 11.2 Å². The summed E-state index contributed by atoms with van der Waals surface area (Å²) in [7, 11) is 0. The molecule has 1 N–H and O–H groups in total. The Kier molecular flexibility index (Phi) is 1.40. The maximum absolute atomic E-state index is 11.0. The van der Waals surface area contributed by atoms with Gasteiger partial charge in [-0.1, -0.05) is 0 Å². The highest BCUT2D eigenvalue weighted by Crippen LogP contribution is 2.10. The van der Waals surface area contributed by atoms with E-state index >= 15 is 0 Å². The summed E-state index contributed by atoms with van der Waals surface area (Å²) in [6.07, 6.45) is 0. The van der Waals surface area contributed by atoms with Crippen LogP contribution in [0.5, 0.6) is 0 Å². The number of thiazole rings is 1. The zero-order chi connectivity index (χ0) is 7.84. The lowest BCUT2D eigenvalue weighted by Gasteiger charge is -1.86. The fourth-order valence-corrected chi connectivity index (χ4v) is 1.42. The first-order chi connectivity index (χ1) is 5.27. The minimum absolute atomic E-state index is 0.0572. The molecule has 0 fully saturated rings. The van der Waals surface area contributed by atoms with Gasteiger partial charge in [0.05, 0.1) is 0 Å². The molecule has 0 spiro atoms. The van der Waals surface area contributed by atoms with Gasteiger partial charge < -0.3 is 0 Å². The largest absolute Gasteiger partial charge is 0.296 e. The standard InChI is InChI=1S/C5HClN3OS/c6-5-8-3-2(4(10)9-5)11-1-7-3/h(H,8,9,10). The van der Waals surface area contributed by atoms with Crippen molar-refractivity contribution in [3.05, 3.63) is 21.1 Å². The number of hydrogen-bond acceptors (Lipinski definition) is 4. The number of H-pyrrole nitrogens is 1. The van der Waals surface area contributed by atoms with Gasteiger partial charge in [-0.2, -0.15) is 4.98 Å². The first kappa shape index (κ1) is 6.75. The molecule has 2 heterocycles. The lowest BCUT2D eigenvalue weighted by atomic mass is 10.6. The maximum atomic E-state index is 11.0. The summed E-state index contributed by atoms with van der Waals surface area (Å²) in [5, 5.41) is 0.0572. The second kappa shape index (κ2) is 2.28. The molecule has 1 radical (unpaired) electrons. The van der Waals surface area contributed by atoms with Gasteiger partial charge >= 0.3 is 0 Å². The third-order valence-corrected chi connectivity index (χ3v) is 2.06. The van der Waals surface area contributed by atoms with Gasteiger partial charge in [0.2, 0.25) is 5.28 Å². The Labute approximate surface area is 69.9 Å². The molecule has 0 amide bonds. The van der Waals surface area contributed by atoms with E-state index in [0.29, 0.717) is 10.3 Å². The van der Waals surface area contributed by atoms with Crippen LogP contribution in [0.2, 0.25) is 5.28 Å². The Bertz CT molecular complexity index is 448. The van der Waals surface area contributed by atoms with Crippen LogP contribution in [0.15, 0.2) is 4.79 Å². The molecule has 0 unspecified atom stereocenters. The monoisotopic (exact) mass is 186 g/mol. The first-order valence-corrected chi connectivity index (χ1v) is 3.89. The summed E-state index contributed by atoms with van der Waals surface area (Å²) < 4.78 is 0.453. The van der Waals surface area contributed by atoms with Crippen molar-refractivity contribution >= 4 is 33.3 Å². The molecule has 11 heavy (non-hydrogen) atoms. The molecule has 0 saturated heterocycles. The smallest absolute Gasteiger partial charge is 0.271 e. The molecule has 0 aliphatic heterocycles. The van der Waals surface area contributed by atoms with Gasteiger partial charge in [-0.05, 0) is 11.6 Å². The maximum Gasteiger partial charge on any atom is 0.271 e. The molecule has 55 valence electrons. The topological polar surface area (TPSA) is 58.6 Å². The first-order valence-electron chi connectivity index (χ1n) is 2.70. The van der Waals surface area contributed by atoms with Crippen molar-refractivity contribution in [2.45, 2.75) is 0 Å². The van der Waals surface area contributed by atoms with E-state index in [4.69, 9.17) is 11.6 Å². The van der Waals surface area contributed by atoms with Crippen molar-refractivity contribution in [1.82, 2.24) is 15.0 Å². The van der Waals surface area contributed by atoms with Crippen LogP contribution >= 0.6 is 22.9 Å². The highest BCUT2D eigenvalue weighted by molar-refractivity contribution is 7.16. The van der Waals surface area contributed by atoms with E-state index in [-0.39, 0.29) is 10.8 Å². The Hall–Kier alpha value is -0.940. The number of nitrogens with zero attached hydrogens (tertiary/aromatic N) is 2. The van der Waals surface area contributed by atoms with Crippen molar-refractivity contribution in [3.63, 3.8) is 0 Å². The van der Waals surface area contributed by atoms with Crippen LogP contribution in [0.3, 0.4) is 0 Å². The van der Waals surface area contributed by atoms with Gasteiger partial charge in [0.1, 0.15) is 4.70 Å². The summed E-state index contributed by atoms with van der Waals surface area (Å²) in [5.41, 5.74) is 2.64. The fourth-order valence-electron chi connectivity index (χ4n) is 0.703. The van der Waals surface area contributed by atoms with Crippen LogP contribution in [0.4, 0.5) is 0 Å². The van der Waals surface area contributed by atoms with Gasteiger partial charge in [0.25, 0.3) is 5.56 Å². The van der Waals surface area contributed by atoms with E-state index in [1.165, 1.54) is 0 Å². The van der Waals surface area contributed by atoms with Crippen LogP contribution in [0, 0.1) is 5.51 Å². The molecule has 2 rings (SSSR count). The third kappa shape index (κ3) is 1.02. The van der Waals surface area contributed by atoms with E-state index in [1.54, 1.807) is 0 Å². The van der Waals surface area contributed by atoms with Crippen LogP contribution in [0.1, 0.15) is 0 Å². The highest BCUT2D eigenvalue weighted by atomic mass is 35.5. The number of nitrogens with one attached hydrogen (secondary N) is 1. The quantitative estimate of drug-likeness (QED) is 0.620. The van der Waals surface area contributed by atoms with Crippen molar-refractivity contribution < 1.29 is 0 Å². The predicted molar refractivity (Wildman–Crippen MR) is 41.9 cm³/mol. The molecule has 0 atom stereocenters. The minimum atomic E-state index is -0.265. The molecular weight excluding hydrogens is 186 g/mol. The number of aromatic nitrogens is 3. The molecule has 0 saturated carbocycles. The number of aromatic amines is 1. The van der Waals surface area contributed by atoms with Gasteiger partial charge in [-0.25, -0.2) is 4.98 Å². The van der Waals surface area contributed by atoms with Crippen molar-refractivity contribution in [2.24, 2.45) is 0 Å². The van der Waals surface area contributed by atoms with E-state index < -0.39 is 0 Å². The molecule has 4 nitrogen and oxygen atoms in total. The fraction of sp³-hybridized carbons (Fsp3) is 0. The zero-order valence-electron chi connectivity index (χ0n) is 5.09. The van der Waals surface area contributed by atoms with Crippen LogP contribution in [-0.4, -0.2) is 15.0 Å². The highest BCUT2D eigenvalue weighted by Gasteiger charge is 2.03. The molecule has 0 aromatic carbocycles. The summed E-state index contributed by atoms with van der Waals surface area (Å²) >= 11 is 6.59. The summed E-state index contributed by atoms with van der Waals surface area (Å²) in [6.45, 7) is 0. The lowest BCUT2D eigenvalue weighted by Crippen LogP contribution is -2.05. The lowest BCUT2D eigenvalue weighted by molar-refractivity contribution is 1.16. The summed E-state index contributed by atoms with van der Waals surface area (Å²) in [6, 6.07) is 0. The molecule has 2 aromatic heterocycles. The number of fused-ring (bicyclic) bond motifs is 1. The summed E-state index contributed by atoms with van der Waals surface area (Å²) in [4.78, 5) is 20.9.